The highest BCUT2D eigenvalue weighted by molar-refractivity contribution is 5.81. The van der Waals surface area contributed by atoms with Crippen molar-refractivity contribution in [3.8, 4) is 0 Å². The fraction of sp³-hybridized carbons (Fsp3) is 0.833. The predicted molar refractivity (Wildman–Crippen MR) is 62.8 cm³/mol. The van der Waals surface area contributed by atoms with Crippen LogP contribution in [0, 0.1) is 5.41 Å². The second-order valence-corrected chi connectivity index (χ2v) is 6.15. The van der Waals surface area contributed by atoms with Gasteiger partial charge >= 0.3 is 12.1 Å². The van der Waals surface area contributed by atoms with Gasteiger partial charge < -0.3 is 9.84 Å². The molecule has 1 saturated heterocycles. The van der Waals surface area contributed by atoms with Crippen molar-refractivity contribution in [3.63, 3.8) is 0 Å². The number of hydrogen-bond acceptors (Lipinski definition) is 3. The van der Waals surface area contributed by atoms with Crippen molar-refractivity contribution in [1.82, 2.24) is 4.90 Å². The van der Waals surface area contributed by atoms with Crippen molar-refractivity contribution in [3.05, 3.63) is 0 Å². The highest BCUT2D eigenvalue weighted by atomic mass is 16.6. The van der Waals surface area contributed by atoms with Gasteiger partial charge in [0.2, 0.25) is 0 Å². The molecule has 1 N–H and O–H groups in total. The van der Waals surface area contributed by atoms with Crippen LogP contribution in [0.5, 0.6) is 0 Å². The van der Waals surface area contributed by atoms with E-state index in [1.807, 2.05) is 13.8 Å². The summed E-state index contributed by atoms with van der Waals surface area (Å²) in [7, 11) is 0. The van der Waals surface area contributed by atoms with Gasteiger partial charge in [-0.05, 0) is 32.6 Å². The van der Waals surface area contributed by atoms with E-state index in [4.69, 9.17) is 4.74 Å². The van der Waals surface area contributed by atoms with Gasteiger partial charge in [-0.25, -0.2) is 9.59 Å². The van der Waals surface area contributed by atoms with E-state index < -0.39 is 29.1 Å². The number of ether oxygens (including phenoxy) is 1. The van der Waals surface area contributed by atoms with Crippen LogP contribution in [0.2, 0.25) is 0 Å². The Balaban J connectivity index is 2.85. The summed E-state index contributed by atoms with van der Waals surface area (Å²) in [6.07, 6.45) is 0.124. The van der Waals surface area contributed by atoms with Gasteiger partial charge in [-0.15, -0.1) is 0 Å². The summed E-state index contributed by atoms with van der Waals surface area (Å²) >= 11 is 0. The number of amides is 1. The van der Waals surface area contributed by atoms with Crippen LogP contribution in [0.3, 0.4) is 0 Å². The normalized spacial score (nSPS) is 23.6. The molecule has 1 amide bonds. The molecule has 0 aliphatic carbocycles. The lowest BCUT2D eigenvalue weighted by molar-refractivity contribution is -0.145. The third-order valence-corrected chi connectivity index (χ3v) is 2.91. The summed E-state index contributed by atoms with van der Waals surface area (Å²) in [5.41, 5.74) is -1.02. The average molecular weight is 243 g/mol. The first-order valence-corrected chi connectivity index (χ1v) is 5.77. The Morgan fingerprint density at radius 2 is 1.88 bits per heavy atom. The van der Waals surface area contributed by atoms with E-state index in [1.165, 1.54) is 4.90 Å². The molecule has 1 rings (SSSR count). The minimum Gasteiger partial charge on any atom is -0.480 e. The predicted octanol–water partition coefficient (Wildman–Crippen LogP) is 2.11. The topological polar surface area (TPSA) is 66.8 Å². The smallest absolute Gasteiger partial charge is 0.411 e. The van der Waals surface area contributed by atoms with E-state index >= 15 is 0 Å². The van der Waals surface area contributed by atoms with Gasteiger partial charge in [-0.3, -0.25) is 4.90 Å². The molecule has 1 fully saturated rings. The molecule has 1 aliphatic heterocycles. The molecule has 0 aromatic heterocycles. The molecule has 1 atom stereocenters. The van der Waals surface area contributed by atoms with Crippen LogP contribution in [-0.4, -0.2) is 40.3 Å². The zero-order valence-electron chi connectivity index (χ0n) is 11.1. The molecule has 1 unspecified atom stereocenters. The Morgan fingerprint density at radius 1 is 1.35 bits per heavy atom. The minimum absolute atomic E-state index is 0.414. The number of nitrogens with zero attached hydrogens (tertiary/aromatic N) is 1. The van der Waals surface area contributed by atoms with Crippen molar-refractivity contribution < 1.29 is 19.4 Å². The van der Waals surface area contributed by atoms with Crippen LogP contribution in [-0.2, 0) is 9.53 Å². The molecule has 17 heavy (non-hydrogen) atoms. The molecule has 1 heterocycles. The van der Waals surface area contributed by atoms with Crippen LogP contribution in [0.4, 0.5) is 4.79 Å². The Labute approximate surface area is 102 Å². The third kappa shape index (κ3) is 3.11. The molecule has 98 valence electrons. The molecule has 5 heteroatoms. The standard InChI is InChI=1S/C12H21NO4/c1-11(2,3)17-10(16)13-7-6-12(4,5)8(13)9(14)15/h8H,6-7H2,1-5H3,(H,14,15). The van der Waals surface area contributed by atoms with Crippen molar-refractivity contribution in [2.24, 2.45) is 5.41 Å². The van der Waals surface area contributed by atoms with Gasteiger partial charge in [-0.2, -0.15) is 0 Å². The number of carboxylic acids is 1. The molecular weight excluding hydrogens is 222 g/mol. The molecular formula is C12H21NO4. The summed E-state index contributed by atoms with van der Waals surface area (Å²) in [6.45, 7) is 9.44. The number of hydrogen-bond donors (Lipinski definition) is 1. The number of carbonyl (C=O) groups excluding carboxylic acids is 1. The van der Waals surface area contributed by atoms with E-state index in [-0.39, 0.29) is 0 Å². The lowest BCUT2D eigenvalue weighted by Gasteiger charge is -2.30. The largest absolute Gasteiger partial charge is 0.480 e. The van der Waals surface area contributed by atoms with E-state index in [2.05, 4.69) is 0 Å². The first kappa shape index (κ1) is 13.8. The highest BCUT2D eigenvalue weighted by Gasteiger charge is 2.48. The van der Waals surface area contributed by atoms with Crippen LogP contribution in [0.1, 0.15) is 41.0 Å². The fourth-order valence-electron chi connectivity index (χ4n) is 2.08. The third-order valence-electron chi connectivity index (χ3n) is 2.91. The Hall–Kier alpha value is -1.26. The fourth-order valence-corrected chi connectivity index (χ4v) is 2.08. The maximum absolute atomic E-state index is 11.9. The number of rotatable bonds is 1. The van der Waals surface area contributed by atoms with Gasteiger partial charge in [-0.1, -0.05) is 13.8 Å². The summed E-state index contributed by atoms with van der Waals surface area (Å²) < 4.78 is 5.22. The molecule has 0 radical (unpaired) electrons. The second-order valence-electron chi connectivity index (χ2n) is 6.15. The van der Waals surface area contributed by atoms with Gasteiger partial charge in [0.15, 0.2) is 0 Å². The molecule has 5 nitrogen and oxygen atoms in total. The van der Waals surface area contributed by atoms with E-state index in [9.17, 15) is 14.7 Å². The van der Waals surface area contributed by atoms with Crippen LogP contribution >= 0.6 is 0 Å². The quantitative estimate of drug-likeness (QED) is 0.766. The number of carboxylic acid groups (broad SMARTS) is 1. The van der Waals surface area contributed by atoms with E-state index in [0.717, 1.165) is 0 Å². The molecule has 0 bridgehead atoms. The van der Waals surface area contributed by atoms with Gasteiger partial charge in [0, 0.05) is 6.54 Å². The molecule has 0 aromatic carbocycles. The summed E-state index contributed by atoms with van der Waals surface area (Å²) in [6, 6.07) is -0.808. The van der Waals surface area contributed by atoms with Crippen molar-refractivity contribution in [2.45, 2.75) is 52.7 Å². The number of likely N-dealkylation sites (tertiary alicyclic amines) is 1. The summed E-state index contributed by atoms with van der Waals surface area (Å²) in [4.78, 5) is 24.5. The highest BCUT2D eigenvalue weighted by Crippen LogP contribution is 2.36. The first-order chi connectivity index (χ1) is 7.54. The van der Waals surface area contributed by atoms with Crippen molar-refractivity contribution in [1.29, 1.82) is 0 Å². The first-order valence-electron chi connectivity index (χ1n) is 5.77. The van der Waals surface area contributed by atoms with Gasteiger partial charge in [0.05, 0.1) is 0 Å². The lowest BCUT2D eigenvalue weighted by Crippen LogP contribution is -2.47. The molecule has 0 saturated carbocycles. The molecule has 1 aliphatic rings. The van der Waals surface area contributed by atoms with Crippen molar-refractivity contribution in [2.75, 3.05) is 6.54 Å². The molecule has 0 aromatic rings. The van der Waals surface area contributed by atoms with Gasteiger partial charge in [0.25, 0.3) is 0 Å². The van der Waals surface area contributed by atoms with Crippen LogP contribution < -0.4 is 0 Å². The number of aliphatic carboxylic acids is 1. The average Bonchev–Trinajstić information content (AvgIpc) is 2.37. The Bertz CT molecular complexity index is 330. The van der Waals surface area contributed by atoms with E-state index in [1.54, 1.807) is 20.8 Å². The minimum atomic E-state index is -0.974. The van der Waals surface area contributed by atoms with E-state index in [0.29, 0.717) is 13.0 Å². The number of carbonyl (C=O) groups is 2. The molecule has 0 spiro atoms. The monoisotopic (exact) mass is 243 g/mol. The maximum atomic E-state index is 11.9. The second kappa shape index (κ2) is 4.20. The summed E-state index contributed by atoms with van der Waals surface area (Å²) in [5.74, 6) is -0.974. The zero-order chi connectivity index (χ0) is 13.4. The SMILES string of the molecule is CC(C)(C)OC(=O)N1CCC(C)(C)C1C(=O)O. The Kier molecular flexibility index (Phi) is 3.41. The summed E-state index contributed by atoms with van der Waals surface area (Å²) in [5, 5.41) is 9.22. The Morgan fingerprint density at radius 3 is 2.29 bits per heavy atom. The maximum Gasteiger partial charge on any atom is 0.411 e. The van der Waals surface area contributed by atoms with Gasteiger partial charge in [0.1, 0.15) is 11.6 Å². The zero-order valence-corrected chi connectivity index (χ0v) is 11.1. The van der Waals surface area contributed by atoms with Crippen LogP contribution in [0.15, 0.2) is 0 Å². The van der Waals surface area contributed by atoms with Crippen molar-refractivity contribution >= 4 is 12.1 Å². The lowest BCUT2D eigenvalue weighted by atomic mass is 9.85. The van der Waals surface area contributed by atoms with Crippen LogP contribution in [0.25, 0.3) is 0 Å².